The van der Waals surface area contributed by atoms with Gasteiger partial charge in [-0.2, -0.15) is 0 Å². The van der Waals surface area contributed by atoms with E-state index in [1.54, 1.807) is 64.5 Å². The molecule has 0 aliphatic rings. The number of benzene rings is 2. The van der Waals surface area contributed by atoms with Crippen LogP contribution in [0.5, 0.6) is 11.5 Å². The zero-order valence-electron chi connectivity index (χ0n) is 15.4. The third kappa shape index (κ3) is 6.90. The van der Waals surface area contributed by atoms with Crippen molar-refractivity contribution in [1.82, 2.24) is 0 Å². The highest BCUT2D eigenvalue weighted by molar-refractivity contribution is 5.72. The Morgan fingerprint density at radius 1 is 1.12 bits per heavy atom. The van der Waals surface area contributed by atoms with Crippen molar-refractivity contribution >= 4 is 11.7 Å². The molecule has 140 valence electrons. The van der Waals surface area contributed by atoms with Crippen molar-refractivity contribution in [2.45, 2.75) is 20.3 Å². The highest BCUT2D eigenvalue weighted by Gasteiger charge is 2.16. The molecule has 0 bridgehead atoms. The molecule has 0 saturated carbocycles. The molecule has 0 aromatic heterocycles. The highest BCUT2D eigenvalue weighted by Crippen LogP contribution is 2.32. The summed E-state index contributed by atoms with van der Waals surface area (Å²) >= 11 is 0. The van der Waals surface area contributed by atoms with Crippen LogP contribution in [0.4, 0.5) is 5.69 Å². The van der Waals surface area contributed by atoms with E-state index in [1.807, 2.05) is 0 Å². The van der Waals surface area contributed by atoms with E-state index in [4.69, 9.17) is 9.47 Å². The summed E-state index contributed by atoms with van der Waals surface area (Å²) in [5, 5.41) is 11.1. The Morgan fingerprint density at radius 2 is 1.73 bits per heavy atom. The lowest BCUT2D eigenvalue weighted by Crippen LogP contribution is -2.07. The van der Waals surface area contributed by atoms with Gasteiger partial charge in [-0.15, -0.1) is 0 Å². The third-order valence-corrected chi connectivity index (χ3v) is 3.12. The Balaban J connectivity index is 0.00000105. The van der Waals surface area contributed by atoms with E-state index in [0.717, 1.165) is 11.1 Å². The van der Waals surface area contributed by atoms with Crippen molar-refractivity contribution < 1.29 is 23.9 Å². The predicted octanol–water partition coefficient (Wildman–Crippen LogP) is 4.06. The lowest BCUT2D eigenvalue weighted by Gasteiger charge is -2.08. The minimum Gasteiger partial charge on any atom is -0.466 e. The molecule has 0 N–H and O–H groups in total. The number of nitro groups is 1. The van der Waals surface area contributed by atoms with Crippen LogP contribution in [0.2, 0.25) is 0 Å². The fraction of sp³-hybridized carbons (Fsp3) is 0.316. The minimum atomic E-state index is -0.475. The highest BCUT2D eigenvalue weighted by atomic mass is 16.6. The maximum absolute atomic E-state index is 11.4. The summed E-state index contributed by atoms with van der Waals surface area (Å²) in [6, 6.07) is 11.6. The number of carbonyl (C=O) groups is 1. The number of nitrogens with zero attached hydrogens (tertiary/aromatic N) is 1. The molecule has 0 fully saturated rings. The molecule has 0 spiro atoms. The van der Waals surface area contributed by atoms with Gasteiger partial charge in [0.1, 0.15) is 5.75 Å². The smallest absolute Gasteiger partial charge is 0.311 e. The van der Waals surface area contributed by atoms with Gasteiger partial charge in [0, 0.05) is 20.3 Å². The molecular formula is C19H23NO6. The molecule has 2 aromatic carbocycles. The predicted molar refractivity (Wildman–Crippen MR) is 97.6 cm³/mol. The third-order valence-electron chi connectivity index (χ3n) is 3.12. The summed E-state index contributed by atoms with van der Waals surface area (Å²) in [4.78, 5) is 22.0. The van der Waals surface area contributed by atoms with Gasteiger partial charge >= 0.3 is 11.7 Å². The lowest BCUT2D eigenvalue weighted by molar-refractivity contribution is -0.385. The van der Waals surface area contributed by atoms with Crippen LogP contribution >= 0.6 is 0 Å². The maximum atomic E-state index is 11.4. The Kier molecular flexibility index (Phi) is 8.80. The summed E-state index contributed by atoms with van der Waals surface area (Å²) in [5.41, 5.74) is 1.49. The van der Waals surface area contributed by atoms with Crippen LogP contribution in [0, 0.1) is 17.0 Å². The van der Waals surface area contributed by atoms with Crippen molar-refractivity contribution in [1.29, 1.82) is 0 Å². The molecule has 0 aliphatic carbocycles. The van der Waals surface area contributed by atoms with Crippen molar-refractivity contribution in [2.75, 3.05) is 20.8 Å². The number of rotatable bonds is 6. The first-order valence-corrected chi connectivity index (χ1v) is 7.98. The van der Waals surface area contributed by atoms with E-state index < -0.39 is 4.92 Å². The number of methoxy groups -OCH3 is 1. The van der Waals surface area contributed by atoms with Crippen LogP contribution in [0.1, 0.15) is 18.1 Å². The van der Waals surface area contributed by atoms with Gasteiger partial charge in [-0.05, 0) is 43.2 Å². The zero-order valence-corrected chi connectivity index (χ0v) is 15.4. The molecule has 0 aliphatic heterocycles. The quantitative estimate of drug-likeness (QED) is 0.438. The first-order valence-electron chi connectivity index (χ1n) is 7.98. The second kappa shape index (κ2) is 10.8. The summed E-state index contributed by atoms with van der Waals surface area (Å²) < 4.78 is 14.7. The van der Waals surface area contributed by atoms with E-state index in [9.17, 15) is 14.9 Å². The Bertz CT molecular complexity index is 727. The van der Waals surface area contributed by atoms with E-state index in [1.165, 1.54) is 6.07 Å². The van der Waals surface area contributed by atoms with Gasteiger partial charge in [0.25, 0.3) is 0 Å². The van der Waals surface area contributed by atoms with Gasteiger partial charge in [-0.25, -0.2) is 0 Å². The molecule has 0 amide bonds. The summed E-state index contributed by atoms with van der Waals surface area (Å²) in [7, 11) is 3.25. The molecule has 0 unspecified atom stereocenters. The monoisotopic (exact) mass is 361 g/mol. The average Bonchev–Trinajstić information content (AvgIpc) is 2.59. The zero-order chi connectivity index (χ0) is 19.5. The number of aryl methyl sites for hydroxylation is 1. The second-order valence-electron chi connectivity index (χ2n) is 5.36. The first kappa shape index (κ1) is 21.1. The fourth-order valence-electron chi connectivity index (χ4n) is 2.04. The molecule has 7 nitrogen and oxygen atoms in total. The second-order valence-corrected chi connectivity index (χ2v) is 5.36. The minimum absolute atomic E-state index is 0.0828. The molecule has 26 heavy (non-hydrogen) atoms. The topological polar surface area (TPSA) is 87.9 Å². The summed E-state index contributed by atoms with van der Waals surface area (Å²) in [6.45, 7) is 3.88. The first-order chi connectivity index (χ1) is 12.4. The summed E-state index contributed by atoms with van der Waals surface area (Å²) in [6.07, 6.45) is 0.179. The van der Waals surface area contributed by atoms with Crippen LogP contribution in [0.3, 0.4) is 0 Å². The van der Waals surface area contributed by atoms with Gasteiger partial charge in [0.2, 0.25) is 5.75 Å². The van der Waals surface area contributed by atoms with Crippen molar-refractivity contribution in [2.24, 2.45) is 0 Å². The standard InChI is InChI=1S/C17H17NO5.C2H6O/c1-3-22-17(19)11-13-5-7-14(8-6-13)23-16-9-4-12(2)10-15(16)18(20)21;1-3-2/h4-10H,3,11H2,1-2H3;1-2H3. The Morgan fingerprint density at radius 3 is 2.27 bits per heavy atom. The molecule has 0 saturated heterocycles. The van der Waals surface area contributed by atoms with Crippen LogP contribution < -0.4 is 4.74 Å². The van der Waals surface area contributed by atoms with Crippen LogP contribution in [0.15, 0.2) is 42.5 Å². The molecule has 2 rings (SSSR count). The van der Waals surface area contributed by atoms with E-state index in [0.29, 0.717) is 12.4 Å². The number of hydrogen-bond acceptors (Lipinski definition) is 6. The molecule has 0 radical (unpaired) electrons. The Labute approximate surface area is 152 Å². The van der Waals surface area contributed by atoms with Crippen LogP contribution in [-0.2, 0) is 20.7 Å². The molecule has 0 atom stereocenters. The molecule has 2 aromatic rings. The van der Waals surface area contributed by atoms with Crippen molar-refractivity contribution in [3.05, 3.63) is 63.7 Å². The van der Waals surface area contributed by atoms with E-state index in [2.05, 4.69) is 4.74 Å². The van der Waals surface area contributed by atoms with E-state index in [-0.39, 0.29) is 23.8 Å². The van der Waals surface area contributed by atoms with Gasteiger partial charge in [0.15, 0.2) is 0 Å². The van der Waals surface area contributed by atoms with Gasteiger partial charge in [-0.3, -0.25) is 14.9 Å². The normalized spacial score (nSPS) is 9.69. The molecular weight excluding hydrogens is 338 g/mol. The van der Waals surface area contributed by atoms with Crippen molar-refractivity contribution in [3.8, 4) is 11.5 Å². The molecule has 7 heteroatoms. The summed E-state index contributed by atoms with van der Waals surface area (Å²) in [5.74, 6) is 0.346. The number of hydrogen-bond donors (Lipinski definition) is 0. The van der Waals surface area contributed by atoms with Crippen molar-refractivity contribution in [3.63, 3.8) is 0 Å². The SMILES string of the molecule is CCOC(=O)Cc1ccc(Oc2ccc(C)cc2[N+](=O)[O-])cc1.COC. The maximum Gasteiger partial charge on any atom is 0.311 e. The molecule has 0 heterocycles. The van der Waals surface area contributed by atoms with Gasteiger partial charge in [-0.1, -0.05) is 18.2 Å². The van der Waals surface area contributed by atoms with Gasteiger partial charge in [0.05, 0.1) is 18.0 Å². The van der Waals surface area contributed by atoms with Crippen LogP contribution in [-0.4, -0.2) is 31.7 Å². The number of esters is 1. The number of nitro benzene ring substituents is 1. The lowest BCUT2D eigenvalue weighted by atomic mass is 10.1. The van der Waals surface area contributed by atoms with E-state index >= 15 is 0 Å². The number of ether oxygens (including phenoxy) is 3. The van der Waals surface area contributed by atoms with Crippen LogP contribution in [0.25, 0.3) is 0 Å². The number of carbonyl (C=O) groups excluding carboxylic acids is 1. The Hall–Kier alpha value is -2.93. The average molecular weight is 361 g/mol. The van der Waals surface area contributed by atoms with Gasteiger partial charge < -0.3 is 14.2 Å². The fourth-order valence-corrected chi connectivity index (χ4v) is 2.04. The largest absolute Gasteiger partial charge is 0.466 e.